The number of ether oxygens (including phenoxy) is 1. The number of anilines is 1. The summed E-state index contributed by atoms with van der Waals surface area (Å²) in [4.78, 5) is 12.1. The highest BCUT2D eigenvalue weighted by Gasteiger charge is 2.02. The van der Waals surface area contributed by atoms with Crippen LogP contribution in [-0.2, 0) is 11.2 Å². The summed E-state index contributed by atoms with van der Waals surface area (Å²) >= 11 is 0. The van der Waals surface area contributed by atoms with Crippen molar-refractivity contribution in [2.45, 2.75) is 13.3 Å². The number of aliphatic hydroxyl groups is 1. The van der Waals surface area contributed by atoms with E-state index < -0.39 is 0 Å². The number of rotatable bonds is 6. The van der Waals surface area contributed by atoms with Gasteiger partial charge in [0.25, 0.3) is 0 Å². The van der Waals surface area contributed by atoms with Crippen molar-refractivity contribution in [1.82, 2.24) is 0 Å². The number of benzene rings is 2. The predicted octanol–water partition coefficient (Wildman–Crippen LogP) is 3.27. The standard InChI is InChI=1S/C19H21NO3/c1-14(16-5-9-18(23-2)10-6-16)13-19(22)20-17-7-3-15(4-8-17)11-12-21/h3-10,13,21H,11-12H2,1-2H3,(H,20,22). The summed E-state index contributed by atoms with van der Waals surface area (Å²) in [5.74, 6) is 0.613. The van der Waals surface area contributed by atoms with Crippen molar-refractivity contribution in [1.29, 1.82) is 0 Å². The fourth-order valence-electron chi connectivity index (χ4n) is 2.20. The Morgan fingerprint density at radius 3 is 2.35 bits per heavy atom. The van der Waals surface area contributed by atoms with Gasteiger partial charge in [0.05, 0.1) is 7.11 Å². The Kier molecular flexibility index (Phi) is 5.94. The molecule has 0 saturated carbocycles. The number of carbonyl (C=O) groups is 1. The van der Waals surface area contributed by atoms with E-state index in [1.54, 1.807) is 13.2 Å². The average Bonchev–Trinajstić information content (AvgIpc) is 2.57. The molecule has 4 nitrogen and oxygen atoms in total. The van der Waals surface area contributed by atoms with E-state index in [2.05, 4.69) is 5.32 Å². The monoisotopic (exact) mass is 311 g/mol. The van der Waals surface area contributed by atoms with Crippen LogP contribution >= 0.6 is 0 Å². The van der Waals surface area contributed by atoms with E-state index in [0.29, 0.717) is 6.42 Å². The zero-order valence-corrected chi connectivity index (χ0v) is 13.4. The molecule has 120 valence electrons. The molecule has 0 radical (unpaired) electrons. The van der Waals surface area contributed by atoms with Crippen molar-refractivity contribution in [3.63, 3.8) is 0 Å². The summed E-state index contributed by atoms with van der Waals surface area (Å²) in [7, 11) is 1.62. The second-order valence-corrected chi connectivity index (χ2v) is 5.22. The van der Waals surface area contributed by atoms with Crippen LogP contribution in [0, 0.1) is 0 Å². The molecule has 0 aliphatic carbocycles. The van der Waals surface area contributed by atoms with Crippen molar-refractivity contribution >= 4 is 17.2 Å². The van der Waals surface area contributed by atoms with Gasteiger partial charge in [-0.25, -0.2) is 0 Å². The highest BCUT2D eigenvalue weighted by molar-refractivity contribution is 6.03. The van der Waals surface area contributed by atoms with E-state index >= 15 is 0 Å². The normalized spacial score (nSPS) is 11.2. The zero-order valence-electron chi connectivity index (χ0n) is 13.4. The third-order valence-corrected chi connectivity index (χ3v) is 3.51. The van der Waals surface area contributed by atoms with E-state index in [1.807, 2.05) is 55.5 Å². The number of hydrogen-bond donors (Lipinski definition) is 2. The van der Waals surface area contributed by atoms with E-state index in [1.165, 1.54) is 0 Å². The fraction of sp³-hybridized carbons (Fsp3) is 0.211. The summed E-state index contributed by atoms with van der Waals surface area (Å²) < 4.78 is 5.12. The predicted molar refractivity (Wildman–Crippen MR) is 92.5 cm³/mol. The SMILES string of the molecule is COc1ccc(C(C)=CC(=O)Nc2ccc(CCO)cc2)cc1. The average molecular weight is 311 g/mol. The number of amides is 1. The van der Waals surface area contributed by atoms with Crippen LogP contribution in [0.4, 0.5) is 5.69 Å². The summed E-state index contributed by atoms with van der Waals surface area (Å²) in [6, 6.07) is 15.0. The van der Waals surface area contributed by atoms with Gasteiger partial charge >= 0.3 is 0 Å². The van der Waals surface area contributed by atoms with E-state index in [0.717, 1.165) is 28.1 Å². The molecule has 2 N–H and O–H groups in total. The van der Waals surface area contributed by atoms with Crippen molar-refractivity contribution in [3.8, 4) is 5.75 Å². The molecule has 0 bridgehead atoms. The molecule has 2 rings (SSSR count). The van der Waals surface area contributed by atoms with Gasteiger partial charge in [-0.15, -0.1) is 0 Å². The molecule has 4 heteroatoms. The molecule has 1 amide bonds. The number of methoxy groups -OCH3 is 1. The Morgan fingerprint density at radius 1 is 1.13 bits per heavy atom. The highest BCUT2D eigenvalue weighted by atomic mass is 16.5. The van der Waals surface area contributed by atoms with E-state index in [-0.39, 0.29) is 12.5 Å². The molecule has 0 aliphatic rings. The number of aliphatic hydroxyl groups excluding tert-OH is 1. The maximum Gasteiger partial charge on any atom is 0.248 e. The van der Waals surface area contributed by atoms with Crippen LogP contribution in [0.15, 0.2) is 54.6 Å². The molecule has 0 atom stereocenters. The first-order chi connectivity index (χ1) is 11.1. The van der Waals surface area contributed by atoms with Gasteiger partial charge < -0.3 is 15.2 Å². The van der Waals surface area contributed by atoms with E-state index in [4.69, 9.17) is 9.84 Å². The maximum atomic E-state index is 12.1. The minimum Gasteiger partial charge on any atom is -0.497 e. The van der Waals surface area contributed by atoms with E-state index in [9.17, 15) is 4.79 Å². The minimum atomic E-state index is -0.173. The molecule has 0 unspecified atom stereocenters. The number of carbonyl (C=O) groups excluding carboxylic acids is 1. The third-order valence-electron chi connectivity index (χ3n) is 3.51. The van der Waals surface area contributed by atoms with Crippen LogP contribution in [-0.4, -0.2) is 24.7 Å². The van der Waals surface area contributed by atoms with Crippen molar-refractivity contribution in [2.24, 2.45) is 0 Å². The summed E-state index contributed by atoms with van der Waals surface area (Å²) in [5, 5.41) is 11.7. The van der Waals surface area contributed by atoms with Crippen molar-refractivity contribution in [2.75, 3.05) is 19.0 Å². The van der Waals surface area contributed by atoms with Crippen LogP contribution in [0.1, 0.15) is 18.1 Å². The number of allylic oxidation sites excluding steroid dienone is 1. The first-order valence-electron chi connectivity index (χ1n) is 7.46. The molecule has 2 aromatic carbocycles. The Morgan fingerprint density at radius 2 is 1.78 bits per heavy atom. The molecule has 0 heterocycles. The van der Waals surface area contributed by atoms with Crippen LogP contribution in [0.5, 0.6) is 5.75 Å². The van der Waals surface area contributed by atoms with Crippen LogP contribution in [0.2, 0.25) is 0 Å². The van der Waals surface area contributed by atoms with Gasteiger partial charge in [0, 0.05) is 18.4 Å². The summed E-state index contributed by atoms with van der Waals surface area (Å²) in [6.07, 6.45) is 2.19. The van der Waals surface area contributed by atoms with Crippen molar-refractivity contribution in [3.05, 3.63) is 65.7 Å². The van der Waals surface area contributed by atoms with Gasteiger partial charge in [-0.2, -0.15) is 0 Å². The highest BCUT2D eigenvalue weighted by Crippen LogP contribution is 2.18. The number of hydrogen-bond acceptors (Lipinski definition) is 3. The van der Waals surface area contributed by atoms with Crippen LogP contribution in [0.25, 0.3) is 5.57 Å². The first kappa shape index (κ1) is 16.8. The molecule has 23 heavy (non-hydrogen) atoms. The largest absolute Gasteiger partial charge is 0.497 e. The lowest BCUT2D eigenvalue weighted by atomic mass is 10.1. The topological polar surface area (TPSA) is 58.6 Å². The fourth-order valence-corrected chi connectivity index (χ4v) is 2.20. The summed E-state index contributed by atoms with van der Waals surface area (Å²) in [5.41, 5.74) is 3.62. The Labute approximate surface area is 136 Å². The molecule has 2 aromatic rings. The third kappa shape index (κ3) is 4.97. The van der Waals surface area contributed by atoms with Crippen LogP contribution in [0.3, 0.4) is 0 Å². The summed E-state index contributed by atoms with van der Waals surface area (Å²) in [6.45, 7) is 2.02. The molecule has 0 aliphatic heterocycles. The van der Waals surface area contributed by atoms with Gasteiger partial charge in [-0.05, 0) is 54.3 Å². The van der Waals surface area contributed by atoms with Crippen LogP contribution < -0.4 is 10.1 Å². The number of nitrogens with one attached hydrogen (secondary N) is 1. The molecule has 0 aromatic heterocycles. The van der Waals surface area contributed by atoms with Crippen molar-refractivity contribution < 1.29 is 14.6 Å². The van der Waals surface area contributed by atoms with Gasteiger partial charge in [-0.1, -0.05) is 24.3 Å². The lowest BCUT2D eigenvalue weighted by Gasteiger charge is -2.06. The van der Waals surface area contributed by atoms with Gasteiger partial charge in [0.1, 0.15) is 5.75 Å². The maximum absolute atomic E-state index is 12.1. The molecular formula is C19H21NO3. The second kappa shape index (κ2) is 8.15. The Hall–Kier alpha value is -2.59. The second-order valence-electron chi connectivity index (χ2n) is 5.22. The quantitative estimate of drug-likeness (QED) is 0.805. The molecular weight excluding hydrogens is 290 g/mol. The lowest BCUT2D eigenvalue weighted by Crippen LogP contribution is -2.08. The van der Waals surface area contributed by atoms with Gasteiger partial charge in [0.15, 0.2) is 0 Å². The minimum absolute atomic E-state index is 0.121. The Bertz CT molecular complexity index is 673. The smallest absolute Gasteiger partial charge is 0.248 e. The first-order valence-corrected chi connectivity index (χ1v) is 7.46. The lowest BCUT2D eigenvalue weighted by molar-refractivity contribution is -0.111. The molecule has 0 fully saturated rings. The molecule has 0 saturated heterocycles. The molecule has 0 spiro atoms. The zero-order chi connectivity index (χ0) is 16.7. The van der Waals surface area contributed by atoms with Gasteiger partial charge in [-0.3, -0.25) is 4.79 Å². The Balaban J connectivity index is 2.01. The van der Waals surface area contributed by atoms with Gasteiger partial charge in [0.2, 0.25) is 5.91 Å².